The van der Waals surface area contributed by atoms with E-state index in [2.05, 4.69) is 10.3 Å². The number of nitrogens with zero attached hydrogens (tertiary/aromatic N) is 1. The maximum Gasteiger partial charge on any atom is 0.317 e. The van der Waals surface area contributed by atoms with Gasteiger partial charge in [0.15, 0.2) is 0 Å². The van der Waals surface area contributed by atoms with Gasteiger partial charge in [-0.05, 0) is 18.6 Å². The molecule has 3 rings (SSSR count). The van der Waals surface area contributed by atoms with E-state index in [1.165, 1.54) is 0 Å². The molecule has 1 aromatic heterocycles. The van der Waals surface area contributed by atoms with Gasteiger partial charge in [0.25, 0.3) is 0 Å². The highest BCUT2D eigenvalue weighted by molar-refractivity contribution is 6.04. The molecule has 108 valence electrons. The van der Waals surface area contributed by atoms with Crippen molar-refractivity contribution in [3.05, 3.63) is 38.9 Å². The lowest BCUT2D eigenvalue weighted by atomic mass is 10.1. The summed E-state index contributed by atoms with van der Waals surface area (Å²) < 4.78 is 1.09. The third-order valence-corrected chi connectivity index (χ3v) is 3.44. The number of carboxylic acids is 1. The number of para-hydroxylation sites is 1. The van der Waals surface area contributed by atoms with Crippen molar-refractivity contribution >= 4 is 28.6 Å². The predicted molar refractivity (Wildman–Crippen MR) is 73.4 cm³/mol. The van der Waals surface area contributed by atoms with Crippen LogP contribution in [0.4, 0.5) is 5.69 Å². The van der Waals surface area contributed by atoms with Crippen LogP contribution >= 0.6 is 0 Å². The highest BCUT2D eigenvalue weighted by Gasteiger charge is 2.30. The molecule has 1 unspecified atom stereocenters. The van der Waals surface area contributed by atoms with Crippen LogP contribution in [-0.2, 0) is 9.59 Å². The summed E-state index contributed by atoms with van der Waals surface area (Å²) in [5.74, 6) is -1.57. The Balaban J connectivity index is 2.29. The standard InChI is InChI=1S/C13H11N3O5/c17-9(18)5-4-8-11(19)14-6-2-1-3-7-10(6)16(8)13(21)12(20)15-7/h1-3,8H,4-5H2,(H,14,19)(H,15,20)(H,17,18). The summed E-state index contributed by atoms with van der Waals surface area (Å²) >= 11 is 0. The number of carbonyl (C=O) groups excluding carboxylic acids is 1. The number of hydrogen-bond acceptors (Lipinski definition) is 4. The zero-order valence-electron chi connectivity index (χ0n) is 10.8. The summed E-state index contributed by atoms with van der Waals surface area (Å²) in [5.41, 5.74) is -0.471. The van der Waals surface area contributed by atoms with Gasteiger partial charge in [-0.25, -0.2) is 0 Å². The minimum Gasteiger partial charge on any atom is -0.481 e. The molecule has 0 fully saturated rings. The minimum absolute atomic E-state index is 0.0615. The van der Waals surface area contributed by atoms with Gasteiger partial charge in [-0.3, -0.25) is 23.7 Å². The molecule has 0 saturated carbocycles. The van der Waals surface area contributed by atoms with Gasteiger partial charge in [-0.2, -0.15) is 0 Å². The maximum absolute atomic E-state index is 12.1. The fourth-order valence-corrected chi connectivity index (χ4v) is 2.54. The van der Waals surface area contributed by atoms with Crippen LogP contribution in [0.3, 0.4) is 0 Å². The highest BCUT2D eigenvalue weighted by atomic mass is 16.4. The smallest absolute Gasteiger partial charge is 0.317 e. The number of anilines is 1. The predicted octanol–water partition coefficient (Wildman–Crippen LogP) is 0.0478. The van der Waals surface area contributed by atoms with Crippen molar-refractivity contribution < 1.29 is 14.7 Å². The highest BCUT2D eigenvalue weighted by Crippen LogP contribution is 2.29. The molecule has 1 aliphatic heterocycles. The van der Waals surface area contributed by atoms with Crippen LogP contribution in [0.15, 0.2) is 27.8 Å². The number of aromatic amines is 1. The average molecular weight is 289 g/mol. The Morgan fingerprint density at radius 1 is 1.29 bits per heavy atom. The molecule has 0 aliphatic carbocycles. The number of H-pyrrole nitrogens is 1. The van der Waals surface area contributed by atoms with Gasteiger partial charge >= 0.3 is 17.1 Å². The third-order valence-electron chi connectivity index (χ3n) is 3.44. The minimum atomic E-state index is -1.07. The van der Waals surface area contributed by atoms with Crippen molar-refractivity contribution in [2.45, 2.75) is 18.9 Å². The monoisotopic (exact) mass is 289 g/mol. The zero-order valence-corrected chi connectivity index (χ0v) is 10.8. The van der Waals surface area contributed by atoms with E-state index in [1.54, 1.807) is 18.2 Å². The number of amides is 1. The van der Waals surface area contributed by atoms with Gasteiger partial charge in [0.1, 0.15) is 6.04 Å². The van der Waals surface area contributed by atoms with Crippen LogP contribution in [0.25, 0.3) is 11.0 Å². The van der Waals surface area contributed by atoms with E-state index in [0.717, 1.165) is 4.57 Å². The summed E-state index contributed by atoms with van der Waals surface area (Å²) in [6.07, 6.45) is -0.338. The molecule has 0 spiro atoms. The molecule has 1 aromatic carbocycles. The normalized spacial score (nSPS) is 16.8. The first-order valence-corrected chi connectivity index (χ1v) is 6.29. The van der Waals surface area contributed by atoms with Crippen molar-refractivity contribution in [1.82, 2.24) is 9.55 Å². The van der Waals surface area contributed by atoms with Crippen LogP contribution in [0.5, 0.6) is 0 Å². The van der Waals surface area contributed by atoms with Crippen molar-refractivity contribution in [2.75, 3.05) is 5.32 Å². The molecule has 21 heavy (non-hydrogen) atoms. The SMILES string of the molecule is O=C(O)CCC1C(=O)Nc2cccc3[nH]c(=O)c(=O)n1c23. The number of carbonyl (C=O) groups is 2. The second-order valence-electron chi connectivity index (χ2n) is 4.77. The molecule has 3 N–H and O–H groups in total. The molecule has 0 bridgehead atoms. The first-order chi connectivity index (χ1) is 9.99. The molecular formula is C13H11N3O5. The van der Waals surface area contributed by atoms with Crippen LogP contribution < -0.4 is 16.4 Å². The van der Waals surface area contributed by atoms with Gasteiger partial charge < -0.3 is 15.4 Å². The lowest BCUT2D eigenvalue weighted by Crippen LogP contribution is -2.44. The maximum atomic E-state index is 12.1. The van der Waals surface area contributed by atoms with Crippen molar-refractivity contribution in [3.63, 3.8) is 0 Å². The number of nitrogens with one attached hydrogen (secondary N) is 2. The second-order valence-corrected chi connectivity index (χ2v) is 4.77. The van der Waals surface area contributed by atoms with Crippen LogP contribution in [0.2, 0.25) is 0 Å². The fraction of sp³-hybridized carbons (Fsp3) is 0.231. The molecule has 8 nitrogen and oxygen atoms in total. The van der Waals surface area contributed by atoms with Gasteiger partial charge in [0, 0.05) is 6.42 Å². The molecule has 2 heterocycles. The Hall–Kier alpha value is -2.90. The lowest BCUT2D eigenvalue weighted by molar-refractivity contribution is -0.137. The van der Waals surface area contributed by atoms with Gasteiger partial charge in [-0.15, -0.1) is 0 Å². The van der Waals surface area contributed by atoms with E-state index in [4.69, 9.17) is 5.11 Å². The molecular weight excluding hydrogens is 278 g/mol. The fourth-order valence-electron chi connectivity index (χ4n) is 2.54. The molecule has 0 saturated heterocycles. The molecule has 8 heteroatoms. The van der Waals surface area contributed by atoms with Gasteiger partial charge in [-0.1, -0.05) is 6.07 Å². The van der Waals surface area contributed by atoms with E-state index in [0.29, 0.717) is 16.7 Å². The summed E-state index contributed by atoms with van der Waals surface area (Å²) in [6, 6.07) is 3.86. The van der Waals surface area contributed by atoms with Gasteiger partial charge in [0.2, 0.25) is 5.91 Å². The van der Waals surface area contributed by atoms with E-state index in [9.17, 15) is 19.2 Å². The molecule has 1 atom stereocenters. The number of carboxylic acid groups (broad SMARTS) is 1. The number of aromatic nitrogens is 2. The Bertz CT molecular complexity index is 879. The first kappa shape index (κ1) is 13.1. The number of hydrogen-bond donors (Lipinski definition) is 3. The average Bonchev–Trinajstić information content (AvgIpc) is 2.42. The Morgan fingerprint density at radius 2 is 2.05 bits per heavy atom. The van der Waals surface area contributed by atoms with Crippen LogP contribution in [0, 0.1) is 0 Å². The van der Waals surface area contributed by atoms with E-state index in [-0.39, 0.29) is 12.8 Å². The third kappa shape index (κ3) is 2.00. The van der Waals surface area contributed by atoms with E-state index >= 15 is 0 Å². The van der Waals surface area contributed by atoms with E-state index in [1.807, 2.05) is 0 Å². The van der Waals surface area contributed by atoms with Crippen molar-refractivity contribution in [3.8, 4) is 0 Å². The second kappa shape index (κ2) is 4.58. The number of benzene rings is 1. The van der Waals surface area contributed by atoms with Crippen LogP contribution in [0.1, 0.15) is 18.9 Å². The first-order valence-electron chi connectivity index (χ1n) is 6.29. The Kier molecular flexibility index (Phi) is 2.86. The topological polar surface area (TPSA) is 121 Å². The summed E-state index contributed by atoms with van der Waals surface area (Å²) in [5, 5.41) is 11.4. The summed E-state index contributed by atoms with van der Waals surface area (Å²) in [4.78, 5) is 49.0. The summed E-state index contributed by atoms with van der Waals surface area (Å²) in [7, 11) is 0. The van der Waals surface area contributed by atoms with E-state index < -0.39 is 29.0 Å². The molecule has 1 aliphatic rings. The molecule has 0 radical (unpaired) electrons. The molecule has 1 amide bonds. The number of rotatable bonds is 3. The van der Waals surface area contributed by atoms with Crippen molar-refractivity contribution in [2.24, 2.45) is 0 Å². The summed E-state index contributed by atoms with van der Waals surface area (Å²) in [6.45, 7) is 0. The quantitative estimate of drug-likeness (QED) is 0.689. The zero-order chi connectivity index (χ0) is 15.1. The molecule has 2 aromatic rings. The Labute approximate surface area is 117 Å². The van der Waals surface area contributed by atoms with Gasteiger partial charge in [0.05, 0.1) is 16.7 Å². The van der Waals surface area contributed by atoms with Crippen LogP contribution in [-0.4, -0.2) is 26.5 Å². The number of aliphatic carboxylic acids is 1. The Morgan fingerprint density at radius 3 is 2.76 bits per heavy atom. The lowest BCUT2D eigenvalue weighted by Gasteiger charge is -2.26. The van der Waals surface area contributed by atoms with Crippen molar-refractivity contribution in [1.29, 1.82) is 0 Å². The largest absolute Gasteiger partial charge is 0.481 e.